The van der Waals surface area contributed by atoms with Gasteiger partial charge in [0.15, 0.2) is 0 Å². The lowest BCUT2D eigenvalue weighted by molar-refractivity contribution is 0.0999. The Bertz CT molecular complexity index is 391. The zero-order valence-electron chi connectivity index (χ0n) is 7.78. The number of methoxy groups -OCH3 is 1. The largest absolute Gasteiger partial charge is 0.372 e. The number of aromatic nitrogens is 1. The van der Waals surface area contributed by atoms with Gasteiger partial charge in [-0.2, -0.15) is 0 Å². The number of hydrogen-bond donors (Lipinski definition) is 1. The summed E-state index contributed by atoms with van der Waals surface area (Å²) in [6.45, 7) is 0.300. The normalized spacial score (nSPS) is 8.93. The Morgan fingerprint density at radius 1 is 1.71 bits per heavy atom. The number of primary amides is 1. The molecule has 1 aromatic rings. The van der Waals surface area contributed by atoms with E-state index in [-0.39, 0.29) is 0 Å². The SMILES string of the molecule is COCC#Cc1ncccc1C(N)=O. The molecular formula is C10H10N2O2. The van der Waals surface area contributed by atoms with Gasteiger partial charge in [0.25, 0.3) is 5.91 Å². The Labute approximate surface area is 82.1 Å². The summed E-state index contributed by atoms with van der Waals surface area (Å²) in [5.41, 5.74) is 5.86. The van der Waals surface area contributed by atoms with Crippen LogP contribution in [0, 0.1) is 11.8 Å². The Morgan fingerprint density at radius 3 is 3.14 bits per heavy atom. The lowest BCUT2D eigenvalue weighted by Gasteiger charge is -1.96. The van der Waals surface area contributed by atoms with Crippen molar-refractivity contribution in [3.8, 4) is 11.8 Å². The summed E-state index contributed by atoms with van der Waals surface area (Å²) in [5, 5.41) is 0. The Hall–Kier alpha value is -1.86. The standard InChI is InChI=1S/C10H10N2O2/c1-14-7-3-5-9-8(10(11)13)4-2-6-12-9/h2,4,6H,7H2,1H3,(H2,11,13). The van der Waals surface area contributed by atoms with E-state index in [0.717, 1.165) is 0 Å². The molecule has 14 heavy (non-hydrogen) atoms. The van der Waals surface area contributed by atoms with Gasteiger partial charge in [-0.05, 0) is 18.1 Å². The van der Waals surface area contributed by atoms with Crippen LogP contribution in [-0.4, -0.2) is 24.6 Å². The molecule has 0 aliphatic heterocycles. The zero-order chi connectivity index (χ0) is 10.4. The van der Waals surface area contributed by atoms with Crippen LogP contribution in [0.5, 0.6) is 0 Å². The van der Waals surface area contributed by atoms with E-state index in [1.54, 1.807) is 25.4 Å². The van der Waals surface area contributed by atoms with E-state index in [0.29, 0.717) is 17.9 Å². The third-order valence-electron chi connectivity index (χ3n) is 1.50. The predicted molar refractivity (Wildman–Crippen MR) is 51.5 cm³/mol. The molecule has 0 atom stereocenters. The third kappa shape index (κ3) is 2.57. The minimum absolute atomic E-state index is 0.300. The summed E-state index contributed by atoms with van der Waals surface area (Å²) in [5.74, 6) is 4.88. The van der Waals surface area contributed by atoms with Crippen LogP contribution in [0.25, 0.3) is 0 Å². The number of ether oxygens (including phenoxy) is 1. The average molecular weight is 190 g/mol. The molecule has 0 saturated heterocycles. The van der Waals surface area contributed by atoms with Crippen LogP contribution in [-0.2, 0) is 4.74 Å². The Kier molecular flexibility index (Phi) is 3.65. The first-order chi connectivity index (χ1) is 6.75. The van der Waals surface area contributed by atoms with Gasteiger partial charge in [-0.1, -0.05) is 5.92 Å². The van der Waals surface area contributed by atoms with Gasteiger partial charge in [0.2, 0.25) is 0 Å². The predicted octanol–water partition coefficient (Wildman–Crippen LogP) is 0.178. The van der Waals surface area contributed by atoms with E-state index in [1.807, 2.05) is 0 Å². The first-order valence-electron chi connectivity index (χ1n) is 3.98. The van der Waals surface area contributed by atoms with Crippen molar-refractivity contribution in [1.29, 1.82) is 0 Å². The van der Waals surface area contributed by atoms with Gasteiger partial charge >= 0.3 is 0 Å². The van der Waals surface area contributed by atoms with Crippen LogP contribution in [0.1, 0.15) is 16.1 Å². The van der Waals surface area contributed by atoms with Gasteiger partial charge in [0, 0.05) is 13.3 Å². The van der Waals surface area contributed by atoms with Crippen molar-refractivity contribution < 1.29 is 9.53 Å². The van der Waals surface area contributed by atoms with E-state index >= 15 is 0 Å². The summed E-state index contributed by atoms with van der Waals surface area (Å²) in [4.78, 5) is 14.9. The number of amides is 1. The summed E-state index contributed by atoms with van der Waals surface area (Å²) < 4.78 is 4.75. The van der Waals surface area contributed by atoms with Crippen LogP contribution in [0.3, 0.4) is 0 Å². The van der Waals surface area contributed by atoms with Crippen LogP contribution in [0.15, 0.2) is 18.3 Å². The fraction of sp³-hybridized carbons (Fsp3) is 0.200. The lowest BCUT2D eigenvalue weighted by Crippen LogP contribution is -2.13. The maximum Gasteiger partial charge on any atom is 0.251 e. The monoisotopic (exact) mass is 190 g/mol. The second-order valence-corrected chi connectivity index (χ2v) is 2.50. The molecule has 0 aliphatic carbocycles. The minimum Gasteiger partial charge on any atom is -0.372 e. The van der Waals surface area contributed by atoms with Gasteiger partial charge in [-0.25, -0.2) is 4.98 Å². The molecule has 4 heteroatoms. The Balaban J connectivity index is 2.97. The maximum atomic E-state index is 10.9. The van der Waals surface area contributed by atoms with Crippen molar-refractivity contribution in [2.45, 2.75) is 0 Å². The van der Waals surface area contributed by atoms with E-state index in [4.69, 9.17) is 10.5 Å². The van der Waals surface area contributed by atoms with Crippen LogP contribution >= 0.6 is 0 Å². The van der Waals surface area contributed by atoms with Crippen molar-refractivity contribution in [3.05, 3.63) is 29.6 Å². The molecule has 0 unspecified atom stereocenters. The van der Waals surface area contributed by atoms with Crippen molar-refractivity contribution >= 4 is 5.91 Å². The molecule has 1 aromatic heterocycles. The van der Waals surface area contributed by atoms with Crippen molar-refractivity contribution in [2.75, 3.05) is 13.7 Å². The zero-order valence-corrected chi connectivity index (χ0v) is 7.78. The average Bonchev–Trinajstić information content (AvgIpc) is 2.19. The van der Waals surface area contributed by atoms with Crippen molar-refractivity contribution in [2.24, 2.45) is 5.73 Å². The number of rotatable bonds is 2. The molecule has 0 fully saturated rings. The third-order valence-corrected chi connectivity index (χ3v) is 1.50. The van der Waals surface area contributed by atoms with Crippen LogP contribution < -0.4 is 5.73 Å². The maximum absolute atomic E-state index is 10.9. The highest BCUT2D eigenvalue weighted by molar-refractivity contribution is 5.94. The smallest absolute Gasteiger partial charge is 0.251 e. The molecule has 0 aromatic carbocycles. The molecule has 0 radical (unpaired) electrons. The molecule has 2 N–H and O–H groups in total. The van der Waals surface area contributed by atoms with E-state index in [9.17, 15) is 4.79 Å². The molecule has 0 spiro atoms. The number of hydrogen-bond acceptors (Lipinski definition) is 3. The first-order valence-corrected chi connectivity index (χ1v) is 3.98. The summed E-state index contributed by atoms with van der Waals surface area (Å²) in [6, 6.07) is 3.23. The summed E-state index contributed by atoms with van der Waals surface area (Å²) >= 11 is 0. The Morgan fingerprint density at radius 2 is 2.50 bits per heavy atom. The van der Waals surface area contributed by atoms with E-state index in [1.165, 1.54) is 0 Å². The highest BCUT2D eigenvalue weighted by Gasteiger charge is 2.05. The number of nitrogens with two attached hydrogens (primary N) is 1. The summed E-state index contributed by atoms with van der Waals surface area (Å²) in [6.07, 6.45) is 1.56. The second kappa shape index (κ2) is 5.00. The van der Waals surface area contributed by atoms with E-state index < -0.39 is 5.91 Å². The molecule has 1 rings (SSSR count). The van der Waals surface area contributed by atoms with Gasteiger partial charge in [-0.15, -0.1) is 0 Å². The molecule has 0 aliphatic rings. The van der Waals surface area contributed by atoms with Gasteiger partial charge in [0.05, 0.1) is 5.56 Å². The molecule has 0 saturated carbocycles. The highest BCUT2D eigenvalue weighted by Crippen LogP contribution is 2.01. The molecule has 1 heterocycles. The van der Waals surface area contributed by atoms with Gasteiger partial charge in [0.1, 0.15) is 12.3 Å². The molecular weight excluding hydrogens is 180 g/mol. The molecule has 1 amide bonds. The van der Waals surface area contributed by atoms with Crippen LogP contribution in [0.2, 0.25) is 0 Å². The second-order valence-electron chi connectivity index (χ2n) is 2.50. The van der Waals surface area contributed by atoms with Crippen molar-refractivity contribution in [3.63, 3.8) is 0 Å². The van der Waals surface area contributed by atoms with Crippen molar-refractivity contribution in [1.82, 2.24) is 4.98 Å². The van der Waals surface area contributed by atoms with Crippen LogP contribution in [0.4, 0.5) is 0 Å². The number of nitrogens with zero attached hydrogens (tertiary/aromatic N) is 1. The van der Waals surface area contributed by atoms with E-state index in [2.05, 4.69) is 16.8 Å². The number of carbonyl (C=O) groups is 1. The number of pyridine rings is 1. The highest BCUT2D eigenvalue weighted by atomic mass is 16.5. The first kappa shape index (κ1) is 10.2. The minimum atomic E-state index is -0.528. The molecule has 4 nitrogen and oxygen atoms in total. The fourth-order valence-corrected chi connectivity index (χ4v) is 0.896. The quantitative estimate of drug-likeness (QED) is 0.676. The fourth-order valence-electron chi connectivity index (χ4n) is 0.896. The molecule has 72 valence electrons. The number of carbonyl (C=O) groups excluding carboxylic acids is 1. The summed E-state index contributed by atoms with van der Waals surface area (Å²) in [7, 11) is 1.54. The van der Waals surface area contributed by atoms with Gasteiger partial charge < -0.3 is 10.5 Å². The molecule has 0 bridgehead atoms. The lowest BCUT2D eigenvalue weighted by atomic mass is 10.2. The van der Waals surface area contributed by atoms with Gasteiger partial charge in [-0.3, -0.25) is 4.79 Å². The topological polar surface area (TPSA) is 65.2 Å².